The maximum Gasteiger partial charge on any atom is 0.257 e. The van der Waals surface area contributed by atoms with Crippen LogP contribution in [0.2, 0.25) is 0 Å². The predicted octanol–water partition coefficient (Wildman–Crippen LogP) is 1.70. The molecular weight excluding hydrogens is 247 g/mol. The number of carbonyl (C=O) groups is 1. The van der Waals surface area contributed by atoms with E-state index >= 15 is 0 Å². The van der Waals surface area contributed by atoms with Crippen LogP contribution < -0.4 is 0 Å². The average molecular weight is 266 g/mol. The molecule has 19 heavy (non-hydrogen) atoms. The number of hydrogen-bond donors (Lipinski definition) is 1. The molecule has 1 unspecified atom stereocenters. The van der Waals surface area contributed by atoms with E-state index in [1.54, 1.807) is 11.9 Å². The molecule has 1 aromatic rings. The fourth-order valence-electron chi connectivity index (χ4n) is 2.49. The van der Waals surface area contributed by atoms with Crippen LogP contribution in [0, 0.1) is 5.82 Å². The first kappa shape index (κ1) is 13.8. The lowest BCUT2D eigenvalue weighted by Crippen LogP contribution is -2.39. The van der Waals surface area contributed by atoms with Crippen molar-refractivity contribution < 1.29 is 14.3 Å². The predicted molar refractivity (Wildman–Crippen MR) is 70.7 cm³/mol. The SMILES string of the molecule is CN(CC1CCCN1C)C(=O)c1cc(F)ccc1O. The third-order valence-electron chi connectivity index (χ3n) is 3.69. The molecule has 104 valence electrons. The van der Waals surface area contributed by atoms with Crippen LogP contribution in [-0.2, 0) is 0 Å². The molecule has 0 spiro atoms. The molecule has 1 aliphatic rings. The highest BCUT2D eigenvalue weighted by atomic mass is 19.1. The van der Waals surface area contributed by atoms with Gasteiger partial charge in [-0.05, 0) is 44.6 Å². The van der Waals surface area contributed by atoms with Crippen LogP contribution in [0.15, 0.2) is 18.2 Å². The van der Waals surface area contributed by atoms with Crippen LogP contribution in [0.4, 0.5) is 4.39 Å². The van der Waals surface area contributed by atoms with Gasteiger partial charge in [0.25, 0.3) is 5.91 Å². The maximum absolute atomic E-state index is 13.1. The molecule has 5 heteroatoms. The zero-order chi connectivity index (χ0) is 14.0. The molecule has 1 aromatic carbocycles. The molecule has 0 saturated carbocycles. The molecule has 1 atom stereocenters. The van der Waals surface area contributed by atoms with Crippen LogP contribution in [0.1, 0.15) is 23.2 Å². The Morgan fingerprint density at radius 2 is 2.32 bits per heavy atom. The number of amides is 1. The van der Waals surface area contributed by atoms with E-state index in [0.717, 1.165) is 31.5 Å². The smallest absolute Gasteiger partial charge is 0.257 e. The first-order valence-corrected chi connectivity index (χ1v) is 6.43. The first-order valence-electron chi connectivity index (χ1n) is 6.43. The summed E-state index contributed by atoms with van der Waals surface area (Å²) in [6.45, 7) is 1.63. The summed E-state index contributed by atoms with van der Waals surface area (Å²) in [6, 6.07) is 3.76. The Morgan fingerprint density at radius 3 is 2.95 bits per heavy atom. The molecule has 0 bridgehead atoms. The van der Waals surface area contributed by atoms with Crippen LogP contribution in [-0.4, -0.2) is 54.0 Å². The van der Waals surface area contributed by atoms with Crippen molar-refractivity contribution >= 4 is 5.91 Å². The molecule has 1 fully saturated rings. The highest BCUT2D eigenvalue weighted by molar-refractivity contribution is 5.96. The van der Waals surface area contributed by atoms with Gasteiger partial charge >= 0.3 is 0 Å². The minimum absolute atomic E-state index is 0.0168. The van der Waals surface area contributed by atoms with E-state index in [4.69, 9.17) is 0 Å². The molecule has 0 aromatic heterocycles. The lowest BCUT2D eigenvalue weighted by Gasteiger charge is -2.26. The Balaban J connectivity index is 2.08. The van der Waals surface area contributed by atoms with Gasteiger partial charge in [0.2, 0.25) is 0 Å². The van der Waals surface area contributed by atoms with Gasteiger partial charge in [0.05, 0.1) is 5.56 Å². The van der Waals surface area contributed by atoms with Gasteiger partial charge in [0.1, 0.15) is 11.6 Å². The lowest BCUT2D eigenvalue weighted by molar-refractivity contribution is 0.0758. The summed E-state index contributed by atoms with van der Waals surface area (Å²) < 4.78 is 13.1. The number of phenolic OH excluding ortho intramolecular Hbond substituents is 1. The van der Waals surface area contributed by atoms with Crippen molar-refractivity contribution in [1.82, 2.24) is 9.80 Å². The fourth-order valence-corrected chi connectivity index (χ4v) is 2.49. The molecule has 1 N–H and O–H groups in total. The summed E-state index contributed by atoms with van der Waals surface area (Å²) in [6.07, 6.45) is 2.19. The number of likely N-dealkylation sites (N-methyl/N-ethyl adjacent to an activating group) is 2. The Labute approximate surface area is 112 Å². The number of carbonyl (C=O) groups excluding carboxylic acids is 1. The van der Waals surface area contributed by atoms with E-state index in [2.05, 4.69) is 4.90 Å². The van der Waals surface area contributed by atoms with Gasteiger partial charge < -0.3 is 14.9 Å². The Kier molecular flexibility index (Phi) is 4.04. The summed E-state index contributed by atoms with van der Waals surface area (Å²) in [5.41, 5.74) is 0.0168. The average Bonchev–Trinajstić information content (AvgIpc) is 2.77. The molecule has 1 aliphatic heterocycles. The Hall–Kier alpha value is -1.62. The van der Waals surface area contributed by atoms with Gasteiger partial charge in [-0.25, -0.2) is 4.39 Å². The zero-order valence-corrected chi connectivity index (χ0v) is 11.3. The molecule has 1 heterocycles. The van der Waals surface area contributed by atoms with Crippen molar-refractivity contribution in [2.24, 2.45) is 0 Å². The molecule has 0 aliphatic carbocycles. The minimum Gasteiger partial charge on any atom is -0.507 e. The van der Waals surface area contributed by atoms with Crippen molar-refractivity contribution in [2.75, 3.05) is 27.2 Å². The summed E-state index contributed by atoms with van der Waals surface area (Å²) in [5.74, 6) is -1.05. The number of benzene rings is 1. The Bertz CT molecular complexity index is 479. The summed E-state index contributed by atoms with van der Waals surface area (Å²) in [4.78, 5) is 16.0. The maximum atomic E-state index is 13.1. The molecule has 0 radical (unpaired) electrons. The third kappa shape index (κ3) is 3.04. The topological polar surface area (TPSA) is 43.8 Å². The number of nitrogens with zero attached hydrogens (tertiary/aromatic N) is 2. The first-order chi connectivity index (χ1) is 8.99. The van der Waals surface area contributed by atoms with Gasteiger partial charge in [-0.15, -0.1) is 0 Å². The third-order valence-corrected chi connectivity index (χ3v) is 3.69. The number of aromatic hydroxyl groups is 1. The van der Waals surface area contributed by atoms with Crippen molar-refractivity contribution in [3.05, 3.63) is 29.6 Å². The normalized spacial score (nSPS) is 19.6. The van der Waals surface area contributed by atoms with E-state index < -0.39 is 5.82 Å². The lowest BCUT2D eigenvalue weighted by atomic mass is 10.1. The number of hydrogen-bond acceptors (Lipinski definition) is 3. The van der Waals surface area contributed by atoms with E-state index in [1.165, 1.54) is 6.07 Å². The molecule has 2 rings (SSSR count). The Morgan fingerprint density at radius 1 is 1.58 bits per heavy atom. The minimum atomic E-state index is -0.521. The monoisotopic (exact) mass is 266 g/mol. The second-order valence-electron chi connectivity index (χ2n) is 5.12. The van der Waals surface area contributed by atoms with Crippen LogP contribution in [0.3, 0.4) is 0 Å². The van der Waals surface area contributed by atoms with Gasteiger partial charge in [-0.3, -0.25) is 4.79 Å². The second-order valence-corrected chi connectivity index (χ2v) is 5.12. The zero-order valence-electron chi connectivity index (χ0n) is 11.3. The van der Waals surface area contributed by atoms with Gasteiger partial charge in [0.15, 0.2) is 0 Å². The van der Waals surface area contributed by atoms with Gasteiger partial charge in [-0.2, -0.15) is 0 Å². The molecule has 4 nitrogen and oxygen atoms in total. The van der Waals surface area contributed by atoms with Crippen LogP contribution in [0.5, 0.6) is 5.75 Å². The van der Waals surface area contributed by atoms with Gasteiger partial charge in [0, 0.05) is 19.6 Å². The van der Waals surface area contributed by atoms with Crippen molar-refractivity contribution in [3.63, 3.8) is 0 Å². The number of rotatable bonds is 3. The fraction of sp³-hybridized carbons (Fsp3) is 0.500. The standard InChI is InChI=1S/C14H19FN2O2/c1-16-7-3-4-11(16)9-17(2)14(19)12-8-10(15)5-6-13(12)18/h5-6,8,11,18H,3-4,7,9H2,1-2H3. The van der Waals surface area contributed by atoms with Crippen molar-refractivity contribution in [2.45, 2.75) is 18.9 Å². The van der Waals surface area contributed by atoms with E-state index in [-0.39, 0.29) is 17.2 Å². The largest absolute Gasteiger partial charge is 0.507 e. The van der Waals surface area contributed by atoms with E-state index in [1.807, 2.05) is 7.05 Å². The second kappa shape index (κ2) is 5.57. The molecule has 1 saturated heterocycles. The van der Waals surface area contributed by atoms with Gasteiger partial charge in [-0.1, -0.05) is 0 Å². The number of halogens is 1. The van der Waals surface area contributed by atoms with E-state index in [9.17, 15) is 14.3 Å². The summed E-state index contributed by atoms with van der Waals surface area (Å²) in [7, 11) is 3.72. The highest BCUT2D eigenvalue weighted by Gasteiger charge is 2.25. The van der Waals surface area contributed by atoms with Crippen molar-refractivity contribution in [1.29, 1.82) is 0 Å². The van der Waals surface area contributed by atoms with E-state index in [0.29, 0.717) is 12.6 Å². The molecular formula is C14H19FN2O2. The van der Waals surface area contributed by atoms with Crippen LogP contribution in [0.25, 0.3) is 0 Å². The quantitative estimate of drug-likeness (QED) is 0.905. The summed E-state index contributed by atoms with van der Waals surface area (Å²) >= 11 is 0. The van der Waals surface area contributed by atoms with Crippen LogP contribution >= 0.6 is 0 Å². The highest BCUT2D eigenvalue weighted by Crippen LogP contribution is 2.21. The number of likely N-dealkylation sites (tertiary alicyclic amines) is 1. The van der Waals surface area contributed by atoms with Crippen molar-refractivity contribution in [3.8, 4) is 5.75 Å². The molecule has 1 amide bonds. The number of phenols is 1. The summed E-state index contributed by atoms with van der Waals surface area (Å²) in [5, 5.41) is 9.64.